The number of aromatic nitrogens is 2. The summed E-state index contributed by atoms with van der Waals surface area (Å²) in [5.74, 6) is -0.396. The van der Waals surface area contributed by atoms with Gasteiger partial charge in [0.1, 0.15) is 6.04 Å². The van der Waals surface area contributed by atoms with E-state index in [2.05, 4.69) is 78.9 Å². The molecule has 0 saturated heterocycles. The molecule has 1 fully saturated rings. The Labute approximate surface area is 339 Å². The number of cyclic esters (lactones) is 1. The van der Waals surface area contributed by atoms with Gasteiger partial charge in [-0.1, -0.05) is 70.5 Å². The SMILES string of the molecule is C=C1CCC[C@H](NC)C(=O)OCC(C)(C)Cc2c(-c3cccnc3[C@H](C)OC)n(CC)c3ccc(cc23)-c2cccc(c2)C[C@H](NC(=O)[C@@H](C)C2CCCC2)C1=O. The maximum atomic E-state index is 14.2. The third-order valence-electron chi connectivity index (χ3n) is 12.4. The number of methoxy groups -OCH3 is 1. The lowest BCUT2D eigenvalue weighted by molar-refractivity contribution is -0.149. The van der Waals surface area contributed by atoms with Crippen molar-refractivity contribution in [3.8, 4) is 22.4 Å². The highest BCUT2D eigenvalue weighted by molar-refractivity contribution is 6.01. The number of nitrogens with one attached hydrogen (secondary N) is 2. The minimum absolute atomic E-state index is 0.0783. The molecule has 3 heterocycles. The molecule has 0 unspecified atom stereocenters. The number of carbonyl (C=O) groups is 3. The number of ether oxygens (including phenoxy) is 2. The van der Waals surface area contributed by atoms with Crippen LogP contribution in [0.2, 0.25) is 0 Å². The molecule has 4 aromatic rings. The lowest BCUT2D eigenvalue weighted by Gasteiger charge is -2.27. The fourth-order valence-electron chi connectivity index (χ4n) is 8.94. The van der Waals surface area contributed by atoms with Gasteiger partial charge in [0.05, 0.1) is 30.1 Å². The smallest absolute Gasteiger partial charge is 0.323 e. The van der Waals surface area contributed by atoms with Gasteiger partial charge >= 0.3 is 5.97 Å². The molecule has 1 saturated carbocycles. The second-order valence-corrected chi connectivity index (χ2v) is 17.1. The van der Waals surface area contributed by atoms with Gasteiger partial charge in [0.15, 0.2) is 5.78 Å². The number of likely N-dealkylation sites (N-methyl/N-ethyl adjacent to an activating group) is 1. The van der Waals surface area contributed by atoms with Crippen molar-refractivity contribution in [3.05, 3.63) is 89.8 Å². The number of nitrogens with zero attached hydrogens (tertiary/aromatic N) is 2. The summed E-state index contributed by atoms with van der Waals surface area (Å²) in [7, 11) is 3.47. The Morgan fingerprint density at radius 1 is 1.02 bits per heavy atom. The highest BCUT2D eigenvalue weighted by Crippen LogP contribution is 2.42. The van der Waals surface area contributed by atoms with Crippen molar-refractivity contribution in [2.75, 3.05) is 20.8 Å². The number of pyridine rings is 1. The van der Waals surface area contributed by atoms with Crippen molar-refractivity contribution >= 4 is 28.6 Å². The van der Waals surface area contributed by atoms with Crippen LogP contribution in [0.1, 0.15) is 102 Å². The zero-order chi connectivity index (χ0) is 40.9. The second kappa shape index (κ2) is 18.3. The normalized spacial score (nSPS) is 21.0. The number of aryl methyl sites for hydroxylation is 1. The summed E-state index contributed by atoms with van der Waals surface area (Å²) in [6, 6.07) is 17.8. The third-order valence-corrected chi connectivity index (χ3v) is 12.4. The van der Waals surface area contributed by atoms with Crippen molar-refractivity contribution in [1.82, 2.24) is 20.2 Å². The number of benzene rings is 2. The Kier molecular flexibility index (Phi) is 13.5. The predicted octanol–water partition coefficient (Wildman–Crippen LogP) is 8.96. The van der Waals surface area contributed by atoms with Gasteiger partial charge in [-0.3, -0.25) is 19.4 Å². The zero-order valence-corrected chi connectivity index (χ0v) is 35.1. The largest absolute Gasteiger partial charge is 0.464 e. The molecule has 4 atom stereocenters. The molecule has 2 aliphatic rings. The number of hydrogen-bond acceptors (Lipinski definition) is 7. The van der Waals surface area contributed by atoms with Crippen LogP contribution in [0.25, 0.3) is 33.3 Å². The van der Waals surface area contributed by atoms with Crippen molar-refractivity contribution < 1.29 is 23.9 Å². The molecule has 1 aliphatic carbocycles. The van der Waals surface area contributed by atoms with Gasteiger partial charge in [-0.05, 0) is 117 Å². The van der Waals surface area contributed by atoms with Crippen LogP contribution in [-0.4, -0.2) is 60.1 Å². The number of ketones is 1. The van der Waals surface area contributed by atoms with Crippen LogP contribution >= 0.6 is 0 Å². The first-order valence-corrected chi connectivity index (χ1v) is 20.9. The number of esters is 1. The summed E-state index contributed by atoms with van der Waals surface area (Å²) in [6.45, 7) is 15.6. The lowest BCUT2D eigenvalue weighted by atomic mass is 9.84. The van der Waals surface area contributed by atoms with Crippen molar-refractivity contribution in [2.24, 2.45) is 17.3 Å². The van der Waals surface area contributed by atoms with Crippen LogP contribution in [-0.2, 0) is 43.2 Å². The number of carbonyl (C=O) groups excluding carboxylic acids is 3. The molecule has 9 heteroatoms. The van der Waals surface area contributed by atoms with Crippen LogP contribution in [0.15, 0.2) is 72.9 Å². The van der Waals surface area contributed by atoms with E-state index in [1.54, 1.807) is 14.2 Å². The number of Topliss-reactive ketones (excluding diaryl/α,β-unsaturated/α-hetero) is 1. The average molecular weight is 775 g/mol. The van der Waals surface area contributed by atoms with Crippen LogP contribution in [0.3, 0.4) is 0 Å². The number of amides is 1. The topological polar surface area (TPSA) is 112 Å². The van der Waals surface area contributed by atoms with Crippen LogP contribution in [0.4, 0.5) is 0 Å². The molecular formula is C48H62N4O5. The number of fused-ring (bicyclic) bond motifs is 4. The van der Waals surface area contributed by atoms with E-state index in [0.29, 0.717) is 43.6 Å². The minimum atomic E-state index is -0.750. The third kappa shape index (κ3) is 9.42. The maximum Gasteiger partial charge on any atom is 0.323 e. The molecule has 0 spiro atoms. The summed E-state index contributed by atoms with van der Waals surface area (Å²) in [5.41, 5.74) is 8.30. The average Bonchev–Trinajstić information content (AvgIpc) is 3.86. The minimum Gasteiger partial charge on any atom is -0.464 e. The molecule has 4 bridgehead atoms. The van der Waals surface area contributed by atoms with Crippen LogP contribution < -0.4 is 10.6 Å². The molecule has 57 heavy (non-hydrogen) atoms. The standard InChI is InChI=1S/C48H62N4O5/c1-9-52-42-23-22-36-27-38(42)39(44(52)37-20-14-24-50-43(37)32(4)56-8)28-48(5,6)29-57-47(55)40(49-7)21-12-15-30(2)45(53)41(26-33-16-13-19-35(36)25-33)51-46(54)31(3)34-17-10-11-18-34/h13-14,16,19-20,22-25,27,31-32,34,40-41,49H,2,9-12,15,17-18,21,26,28-29H2,1,3-8H3,(H,51,54)/t31-,32-,40-,41-/m0/s1. The predicted molar refractivity (Wildman–Crippen MR) is 228 cm³/mol. The lowest BCUT2D eigenvalue weighted by Crippen LogP contribution is -2.46. The summed E-state index contributed by atoms with van der Waals surface area (Å²) >= 11 is 0. The van der Waals surface area contributed by atoms with Gasteiger partial charge in [-0.2, -0.15) is 0 Å². The van der Waals surface area contributed by atoms with Gasteiger partial charge in [0.25, 0.3) is 0 Å². The molecule has 6 rings (SSSR count). The van der Waals surface area contributed by atoms with Gasteiger partial charge < -0.3 is 24.7 Å². The zero-order valence-electron chi connectivity index (χ0n) is 35.1. The Balaban J connectivity index is 1.48. The molecule has 0 radical (unpaired) electrons. The van der Waals surface area contributed by atoms with E-state index in [1.165, 1.54) is 0 Å². The van der Waals surface area contributed by atoms with Crippen molar-refractivity contribution in [1.29, 1.82) is 0 Å². The van der Waals surface area contributed by atoms with Crippen molar-refractivity contribution in [2.45, 2.75) is 117 Å². The Morgan fingerprint density at radius 3 is 2.49 bits per heavy atom. The van der Waals surface area contributed by atoms with E-state index in [4.69, 9.17) is 14.5 Å². The van der Waals surface area contributed by atoms with E-state index < -0.39 is 17.5 Å². The highest BCUT2D eigenvalue weighted by Gasteiger charge is 2.33. The first kappa shape index (κ1) is 42.0. The molecular weight excluding hydrogens is 713 g/mol. The van der Waals surface area contributed by atoms with Crippen LogP contribution in [0, 0.1) is 17.3 Å². The van der Waals surface area contributed by atoms with Crippen LogP contribution in [0.5, 0.6) is 0 Å². The fraction of sp³-hybridized carbons (Fsp3) is 0.500. The summed E-state index contributed by atoms with van der Waals surface area (Å²) in [4.78, 5) is 46.2. The van der Waals surface area contributed by atoms with Gasteiger partial charge in [-0.15, -0.1) is 0 Å². The molecule has 304 valence electrons. The quantitative estimate of drug-likeness (QED) is 0.136. The molecule has 1 amide bonds. The first-order chi connectivity index (χ1) is 27.3. The Hall–Kier alpha value is -4.60. The Morgan fingerprint density at radius 2 is 1.77 bits per heavy atom. The number of hydrogen-bond donors (Lipinski definition) is 2. The monoisotopic (exact) mass is 774 g/mol. The molecule has 2 aromatic heterocycles. The number of rotatable bonds is 8. The van der Waals surface area contributed by atoms with E-state index >= 15 is 0 Å². The highest BCUT2D eigenvalue weighted by atomic mass is 16.5. The van der Waals surface area contributed by atoms with E-state index in [1.807, 2.05) is 38.2 Å². The summed E-state index contributed by atoms with van der Waals surface area (Å²) in [6.07, 6.45) is 8.41. The van der Waals surface area contributed by atoms with Gasteiger partial charge in [-0.25, -0.2) is 0 Å². The second-order valence-electron chi connectivity index (χ2n) is 17.1. The summed E-state index contributed by atoms with van der Waals surface area (Å²) < 4.78 is 14.3. The molecule has 2 aromatic carbocycles. The molecule has 1 aliphatic heterocycles. The van der Waals surface area contributed by atoms with Crippen molar-refractivity contribution in [3.63, 3.8) is 0 Å². The first-order valence-electron chi connectivity index (χ1n) is 20.9. The fourth-order valence-corrected chi connectivity index (χ4v) is 8.94. The Bertz CT molecular complexity index is 2090. The molecule has 2 N–H and O–H groups in total. The molecule has 9 nitrogen and oxygen atoms in total. The van der Waals surface area contributed by atoms with E-state index in [0.717, 1.165) is 82.3 Å². The summed E-state index contributed by atoms with van der Waals surface area (Å²) in [5, 5.41) is 7.43. The van der Waals surface area contributed by atoms with E-state index in [9.17, 15) is 14.4 Å². The maximum absolute atomic E-state index is 14.2. The van der Waals surface area contributed by atoms with Gasteiger partial charge in [0, 0.05) is 54.1 Å². The van der Waals surface area contributed by atoms with E-state index in [-0.39, 0.29) is 36.3 Å². The van der Waals surface area contributed by atoms with Gasteiger partial charge in [0.2, 0.25) is 5.91 Å².